The molecule has 0 saturated carbocycles. The zero-order chi connectivity index (χ0) is 12.0. The van der Waals surface area contributed by atoms with E-state index in [0.717, 1.165) is 12.1 Å². The number of aryl methyl sites for hydroxylation is 1. The molecule has 0 spiro atoms. The first-order valence-corrected chi connectivity index (χ1v) is 4.86. The van der Waals surface area contributed by atoms with Gasteiger partial charge in [0.05, 0.1) is 12.0 Å². The number of hydrogen-bond donors (Lipinski definition) is 0. The highest BCUT2D eigenvalue weighted by molar-refractivity contribution is 5.41. The third-order valence-corrected chi connectivity index (χ3v) is 2.07. The summed E-state index contributed by atoms with van der Waals surface area (Å²) in [4.78, 5) is 14.2. The molecule has 6 heteroatoms. The van der Waals surface area contributed by atoms with Gasteiger partial charge >= 0.3 is 5.69 Å². The number of methoxy groups -OCH3 is 2. The van der Waals surface area contributed by atoms with Crippen molar-refractivity contribution in [2.75, 3.05) is 20.8 Å². The van der Waals surface area contributed by atoms with Crippen LogP contribution in [0.25, 0.3) is 0 Å². The standard InChI is InChI=1S/C10H14N2O4/c1-15-7-3-4-8-5-6-9(12(13)14)10(11-8)16-2/h5-6H,3-4,7H2,1-2H3. The van der Waals surface area contributed by atoms with Crippen LogP contribution in [0.15, 0.2) is 12.1 Å². The number of nitro groups is 1. The quantitative estimate of drug-likeness (QED) is 0.418. The number of hydrogen-bond acceptors (Lipinski definition) is 5. The van der Waals surface area contributed by atoms with Crippen molar-refractivity contribution in [2.24, 2.45) is 0 Å². The van der Waals surface area contributed by atoms with Crippen molar-refractivity contribution >= 4 is 5.69 Å². The summed E-state index contributed by atoms with van der Waals surface area (Å²) in [5.41, 5.74) is 0.650. The smallest absolute Gasteiger partial charge is 0.330 e. The van der Waals surface area contributed by atoms with Gasteiger partial charge < -0.3 is 9.47 Å². The van der Waals surface area contributed by atoms with E-state index < -0.39 is 4.92 Å². The summed E-state index contributed by atoms with van der Waals surface area (Å²) in [6, 6.07) is 3.05. The Morgan fingerprint density at radius 3 is 2.75 bits per heavy atom. The lowest BCUT2D eigenvalue weighted by Crippen LogP contribution is -2.00. The molecule has 0 atom stereocenters. The van der Waals surface area contributed by atoms with E-state index in [4.69, 9.17) is 9.47 Å². The fourth-order valence-corrected chi connectivity index (χ4v) is 1.30. The minimum absolute atomic E-state index is 0.0555. The Labute approximate surface area is 93.4 Å². The van der Waals surface area contributed by atoms with E-state index in [0.29, 0.717) is 13.0 Å². The third kappa shape index (κ3) is 3.16. The number of ether oxygens (including phenoxy) is 2. The molecule has 1 heterocycles. The fraction of sp³-hybridized carbons (Fsp3) is 0.500. The van der Waals surface area contributed by atoms with Crippen LogP contribution in [-0.2, 0) is 11.2 Å². The Bertz CT molecular complexity index is 368. The highest BCUT2D eigenvalue weighted by Crippen LogP contribution is 2.24. The number of aromatic nitrogens is 1. The van der Waals surface area contributed by atoms with Gasteiger partial charge in [0.25, 0.3) is 5.88 Å². The van der Waals surface area contributed by atoms with Crippen LogP contribution >= 0.6 is 0 Å². The van der Waals surface area contributed by atoms with Crippen LogP contribution in [0.4, 0.5) is 5.69 Å². The Balaban J connectivity index is 2.78. The van der Waals surface area contributed by atoms with Gasteiger partial charge in [0.2, 0.25) is 0 Å². The maximum Gasteiger partial charge on any atom is 0.330 e. The molecular weight excluding hydrogens is 212 g/mol. The SMILES string of the molecule is COCCCc1ccc([N+](=O)[O-])c(OC)n1. The van der Waals surface area contributed by atoms with E-state index >= 15 is 0 Å². The van der Waals surface area contributed by atoms with Crippen molar-refractivity contribution in [1.29, 1.82) is 0 Å². The summed E-state index contributed by atoms with van der Waals surface area (Å²) in [6.45, 7) is 0.640. The maximum atomic E-state index is 10.6. The molecule has 0 aliphatic heterocycles. The number of pyridine rings is 1. The number of rotatable bonds is 6. The van der Waals surface area contributed by atoms with Gasteiger partial charge in [-0.15, -0.1) is 0 Å². The molecule has 0 unspecified atom stereocenters. The Kier molecular flexibility index (Phi) is 4.65. The molecule has 16 heavy (non-hydrogen) atoms. The second-order valence-corrected chi connectivity index (χ2v) is 3.18. The van der Waals surface area contributed by atoms with Crippen LogP contribution in [0.2, 0.25) is 0 Å². The van der Waals surface area contributed by atoms with Gasteiger partial charge in [-0.2, -0.15) is 0 Å². The van der Waals surface area contributed by atoms with Gasteiger partial charge in [0.15, 0.2) is 0 Å². The van der Waals surface area contributed by atoms with Crippen LogP contribution in [0.3, 0.4) is 0 Å². The largest absolute Gasteiger partial charge is 0.476 e. The van der Waals surface area contributed by atoms with E-state index in [9.17, 15) is 10.1 Å². The zero-order valence-electron chi connectivity index (χ0n) is 9.30. The minimum atomic E-state index is -0.509. The molecule has 0 saturated heterocycles. The highest BCUT2D eigenvalue weighted by atomic mass is 16.6. The topological polar surface area (TPSA) is 74.5 Å². The molecule has 0 bridgehead atoms. The second-order valence-electron chi connectivity index (χ2n) is 3.18. The predicted molar refractivity (Wildman–Crippen MR) is 57.6 cm³/mol. The molecule has 1 aromatic rings. The van der Waals surface area contributed by atoms with Gasteiger partial charge in [-0.3, -0.25) is 10.1 Å². The first kappa shape index (κ1) is 12.4. The lowest BCUT2D eigenvalue weighted by atomic mass is 10.2. The van der Waals surface area contributed by atoms with Crippen LogP contribution in [0, 0.1) is 10.1 Å². The van der Waals surface area contributed by atoms with Crippen LogP contribution in [-0.4, -0.2) is 30.7 Å². The minimum Gasteiger partial charge on any atom is -0.476 e. The molecule has 0 fully saturated rings. The van der Waals surface area contributed by atoms with Crippen LogP contribution < -0.4 is 4.74 Å². The van der Waals surface area contributed by atoms with Crippen molar-refractivity contribution < 1.29 is 14.4 Å². The molecule has 0 N–H and O–H groups in total. The van der Waals surface area contributed by atoms with Gasteiger partial charge in [-0.05, 0) is 18.9 Å². The molecule has 88 valence electrons. The van der Waals surface area contributed by atoms with Gasteiger partial charge in [0.1, 0.15) is 0 Å². The summed E-state index contributed by atoms with van der Waals surface area (Å²) >= 11 is 0. The van der Waals surface area contributed by atoms with Crippen molar-refractivity contribution in [3.63, 3.8) is 0 Å². The first-order valence-electron chi connectivity index (χ1n) is 4.86. The Morgan fingerprint density at radius 2 is 2.19 bits per heavy atom. The summed E-state index contributed by atoms with van der Waals surface area (Å²) in [7, 11) is 3.00. The molecule has 0 radical (unpaired) electrons. The molecule has 0 aliphatic carbocycles. The Morgan fingerprint density at radius 1 is 1.44 bits per heavy atom. The Hall–Kier alpha value is -1.69. The van der Waals surface area contributed by atoms with Crippen LogP contribution in [0.1, 0.15) is 12.1 Å². The summed E-state index contributed by atoms with van der Waals surface area (Å²) in [5, 5.41) is 10.6. The van der Waals surface area contributed by atoms with E-state index in [1.807, 2.05) is 0 Å². The molecule has 6 nitrogen and oxygen atoms in total. The molecule has 0 aliphatic rings. The number of nitrogens with zero attached hydrogens (tertiary/aromatic N) is 2. The molecule has 0 amide bonds. The third-order valence-electron chi connectivity index (χ3n) is 2.07. The lowest BCUT2D eigenvalue weighted by molar-refractivity contribution is -0.386. The van der Waals surface area contributed by atoms with Gasteiger partial charge in [-0.25, -0.2) is 4.98 Å². The zero-order valence-corrected chi connectivity index (χ0v) is 9.30. The van der Waals surface area contributed by atoms with Crippen molar-refractivity contribution in [3.05, 3.63) is 27.9 Å². The van der Waals surface area contributed by atoms with E-state index in [1.54, 1.807) is 13.2 Å². The predicted octanol–water partition coefficient (Wildman–Crippen LogP) is 1.58. The van der Waals surface area contributed by atoms with Gasteiger partial charge in [-0.1, -0.05) is 0 Å². The van der Waals surface area contributed by atoms with E-state index in [1.165, 1.54) is 13.2 Å². The molecule has 1 aromatic heterocycles. The lowest BCUT2D eigenvalue weighted by Gasteiger charge is -2.04. The maximum absolute atomic E-state index is 10.6. The van der Waals surface area contributed by atoms with Crippen molar-refractivity contribution in [3.8, 4) is 5.88 Å². The second kappa shape index (κ2) is 6.02. The first-order chi connectivity index (χ1) is 7.69. The van der Waals surface area contributed by atoms with Crippen molar-refractivity contribution in [1.82, 2.24) is 4.98 Å². The van der Waals surface area contributed by atoms with Crippen molar-refractivity contribution in [2.45, 2.75) is 12.8 Å². The fourth-order valence-electron chi connectivity index (χ4n) is 1.30. The molecule has 0 aromatic carbocycles. The van der Waals surface area contributed by atoms with E-state index in [2.05, 4.69) is 4.98 Å². The summed E-state index contributed by atoms with van der Waals surface area (Å²) < 4.78 is 9.78. The van der Waals surface area contributed by atoms with Crippen LogP contribution in [0.5, 0.6) is 5.88 Å². The molecular formula is C10H14N2O4. The highest BCUT2D eigenvalue weighted by Gasteiger charge is 2.16. The molecule has 1 rings (SSSR count). The van der Waals surface area contributed by atoms with E-state index in [-0.39, 0.29) is 11.6 Å². The monoisotopic (exact) mass is 226 g/mol. The average molecular weight is 226 g/mol. The normalized spacial score (nSPS) is 10.1. The average Bonchev–Trinajstić information content (AvgIpc) is 2.29. The van der Waals surface area contributed by atoms with Gasteiger partial charge in [0, 0.05) is 25.5 Å². The summed E-state index contributed by atoms with van der Waals surface area (Å²) in [5.74, 6) is 0.0555. The summed E-state index contributed by atoms with van der Waals surface area (Å²) in [6.07, 6.45) is 1.53.